The summed E-state index contributed by atoms with van der Waals surface area (Å²) in [4.78, 5) is 26.7. The number of ether oxygens (including phenoxy) is 3. The molecule has 85 heavy (non-hydrogen) atoms. The first kappa shape index (κ1) is 80.9. The SMILES string of the molecule is CCCCC/C=C\C/C=C\CCCCCCCCCCCCC(O)C(=O)NC(COC1OC(CO)C(O)C(O)C1OC(=O)CCCCCCCCCCCCCCCCCCCCCCCCCCC)C(O)/C=C/CCCCCCCCCCC. The van der Waals surface area contributed by atoms with Gasteiger partial charge in [-0.05, 0) is 57.8 Å². The van der Waals surface area contributed by atoms with Crippen molar-refractivity contribution in [3.63, 3.8) is 0 Å². The summed E-state index contributed by atoms with van der Waals surface area (Å²) in [5, 5.41) is 57.2. The van der Waals surface area contributed by atoms with Gasteiger partial charge in [0.2, 0.25) is 5.91 Å². The molecule has 6 N–H and O–H groups in total. The molecule has 0 bridgehead atoms. The lowest BCUT2D eigenvalue weighted by atomic mass is 9.99. The zero-order valence-electron chi connectivity index (χ0n) is 55.8. The molecule has 11 heteroatoms. The largest absolute Gasteiger partial charge is 0.454 e. The molecule has 0 saturated carbocycles. The van der Waals surface area contributed by atoms with Crippen molar-refractivity contribution in [2.24, 2.45) is 0 Å². The average Bonchev–Trinajstić information content (AvgIpc) is 3.60. The number of aliphatic hydroxyl groups excluding tert-OH is 5. The van der Waals surface area contributed by atoms with Crippen LogP contribution in [0, 0.1) is 0 Å². The minimum Gasteiger partial charge on any atom is -0.454 e. The zero-order valence-corrected chi connectivity index (χ0v) is 55.8. The van der Waals surface area contributed by atoms with Gasteiger partial charge in [0.25, 0.3) is 0 Å². The smallest absolute Gasteiger partial charge is 0.306 e. The second kappa shape index (κ2) is 62.1. The van der Waals surface area contributed by atoms with Crippen molar-refractivity contribution in [2.75, 3.05) is 13.2 Å². The summed E-state index contributed by atoms with van der Waals surface area (Å²) in [6.07, 6.45) is 66.3. The normalized spacial score (nSPS) is 18.5. The van der Waals surface area contributed by atoms with Crippen LogP contribution in [-0.4, -0.2) is 99.6 Å². The monoisotopic (exact) mass is 1200 g/mol. The van der Waals surface area contributed by atoms with E-state index in [0.29, 0.717) is 19.3 Å². The third kappa shape index (κ3) is 49.4. The fourth-order valence-corrected chi connectivity index (χ4v) is 11.7. The van der Waals surface area contributed by atoms with Gasteiger partial charge in [-0.15, -0.1) is 0 Å². The zero-order chi connectivity index (χ0) is 61.7. The third-order valence-electron chi connectivity index (χ3n) is 17.5. The highest BCUT2D eigenvalue weighted by Gasteiger charge is 2.47. The summed E-state index contributed by atoms with van der Waals surface area (Å²) in [5.74, 6) is -1.18. The van der Waals surface area contributed by atoms with Crippen LogP contribution in [0.5, 0.6) is 0 Å². The molecule has 0 spiro atoms. The minimum atomic E-state index is -1.61. The van der Waals surface area contributed by atoms with E-state index in [0.717, 1.165) is 70.6 Å². The summed E-state index contributed by atoms with van der Waals surface area (Å²) in [6.45, 7) is 5.82. The molecule has 1 aliphatic rings. The number of hydrogen-bond acceptors (Lipinski definition) is 10. The first-order chi connectivity index (χ1) is 41.7. The molecule has 1 fully saturated rings. The topological polar surface area (TPSA) is 175 Å². The molecule has 500 valence electrons. The molecular formula is C74H139NO10. The number of carbonyl (C=O) groups excluding carboxylic acids is 2. The van der Waals surface area contributed by atoms with Gasteiger partial charge in [0.1, 0.15) is 24.4 Å². The van der Waals surface area contributed by atoms with Crippen molar-refractivity contribution in [1.29, 1.82) is 0 Å². The standard InChI is InChI=1S/C74H139NO10/c1-4-7-10-13-16-19-22-24-26-28-30-32-33-34-35-36-38-40-42-44-47-50-53-56-59-62-69(79)85-72-71(81)70(80)68(63-76)84-74(72)83-64-65(66(77)60-57-54-51-48-45-21-18-15-12-9-6-3)75-73(82)67(78)61-58-55-52-49-46-43-41-39-37-31-29-27-25-23-20-17-14-11-8-5-2/h17,20,25,27,57,60,65-68,70-72,74,76-78,80-81H,4-16,18-19,21-24,26,28-56,58-59,61-64H2,1-3H3,(H,75,82)/b20-17-,27-25-,60-57+. The van der Waals surface area contributed by atoms with E-state index in [1.165, 1.54) is 244 Å². The van der Waals surface area contributed by atoms with Crippen molar-refractivity contribution in [3.05, 3.63) is 36.5 Å². The minimum absolute atomic E-state index is 0.129. The van der Waals surface area contributed by atoms with E-state index in [9.17, 15) is 35.1 Å². The van der Waals surface area contributed by atoms with Crippen LogP contribution in [0.15, 0.2) is 36.5 Å². The Balaban J connectivity index is 2.51. The molecule has 0 aromatic heterocycles. The van der Waals surface area contributed by atoms with Crippen LogP contribution in [0.1, 0.15) is 361 Å². The highest BCUT2D eigenvalue weighted by molar-refractivity contribution is 5.80. The summed E-state index contributed by atoms with van der Waals surface area (Å²) in [7, 11) is 0. The van der Waals surface area contributed by atoms with Gasteiger partial charge in [0.05, 0.1) is 25.4 Å². The average molecular weight is 1200 g/mol. The number of amides is 1. The Kier molecular flexibility index (Phi) is 59.1. The summed E-state index contributed by atoms with van der Waals surface area (Å²) in [6, 6.07) is -1.02. The van der Waals surface area contributed by atoms with Crippen LogP contribution < -0.4 is 5.32 Å². The number of aliphatic hydroxyl groups is 5. The highest BCUT2D eigenvalue weighted by Crippen LogP contribution is 2.27. The molecule has 0 aliphatic carbocycles. The van der Waals surface area contributed by atoms with E-state index in [-0.39, 0.29) is 13.0 Å². The number of esters is 1. The van der Waals surface area contributed by atoms with Crippen LogP contribution >= 0.6 is 0 Å². The lowest BCUT2D eigenvalue weighted by Gasteiger charge is -2.41. The molecule has 1 amide bonds. The Hall–Kier alpha value is -2.12. The molecule has 8 unspecified atom stereocenters. The maximum atomic E-state index is 13.5. The summed E-state index contributed by atoms with van der Waals surface area (Å²) >= 11 is 0. The first-order valence-electron chi connectivity index (χ1n) is 36.8. The van der Waals surface area contributed by atoms with Crippen molar-refractivity contribution < 1.29 is 49.3 Å². The number of nitrogens with one attached hydrogen (secondary N) is 1. The van der Waals surface area contributed by atoms with Crippen molar-refractivity contribution >= 4 is 11.9 Å². The van der Waals surface area contributed by atoms with E-state index in [1.807, 2.05) is 6.08 Å². The molecule has 1 heterocycles. The first-order valence-corrected chi connectivity index (χ1v) is 36.8. The molecule has 8 atom stereocenters. The van der Waals surface area contributed by atoms with E-state index in [1.54, 1.807) is 6.08 Å². The molecule has 0 aromatic rings. The Morgan fingerprint density at radius 3 is 1.22 bits per heavy atom. The summed E-state index contributed by atoms with van der Waals surface area (Å²) < 4.78 is 17.7. The van der Waals surface area contributed by atoms with Gasteiger partial charge in [-0.1, -0.05) is 333 Å². The molecule has 11 nitrogen and oxygen atoms in total. The van der Waals surface area contributed by atoms with Crippen molar-refractivity contribution in [3.8, 4) is 0 Å². The van der Waals surface area contributed by atoms with Crippen molar-refractivity contribution in [1.82, 2.24) is 5.32 Å². The fourth-order valence-electron chi connectivity index (χ4n) is 11.7. The molecule has 1 saturated heterocycles. The number of allylic oxidation sites excluding steroid dienone is 5. The molecular weight excluding hydrogens is 1060 g/mol. The molecule has 0 aromatic carbocycles. The maximum absolute atomic E-state index is 13.5. The number of hydrogen-bond donors (Lipinski definition) is 6. The number of unbranched alkanes of at least 4 members (excludes halogenated alkanes) is 46. The van der Waals surface area contributed by atoms with Gasteiger partial charge in [-0.25, -0.2) is 0 Å². The lowest BCUT2D eigenvalue weighted by Crippen LogP contribution is -2.61. The number of rotatable bonds is 64. The van der Waals surface area contributed by atoms with Gasteiger partial charge in [0, 0.05) is 6.42 Å². The Morgan fingerprint density at radius 2 is 0.812 bits per heavy atom. The van der Waals surface area contributed by atoms with Gasteiger partial charge >= 0.3 is 5.97 Å². The van der Waals surface area contributed by atoms with Gasteiger partial charge in [0.15, 0.2) is 12.4 Å². The van der Waals surface area contributed by atoms with E-state index in [2.05, 4.69) is 50.4 Å². The number of carbonyl (C=O) groups is 2. The van der Waals surface area contributed by atoms with Crippen LogP contribution in [0.4, 0.5) is 0 Å². The van der Waals surface area contributed by atoms with Crippen molar-refractivity contribution in [2.45, 2.75) is 410 Å². The van der Waals surface area contributed by atoms with Crippen LogP contribution in [0.2, 0.25) is 0 Å². The van der Waals surface area contributed by atoms with E-state index in [4.69, 9.17) is 14.2 Å². The molecule has 0 radical (unpaired) electrons. The molecule has 1 aliphatic heterocycles. The maximum Gasteiger partial charge on any atom is 0.306 e. The van der Waals surface area contributed by atoms with Crippen LogP contribution in [-0.2, 0) is 23.8 Å². The Morgan fingerprint density at radius 1 is 0.459 bits per heavy atom. The van der Waals surface area contributed by atoms with Crippen LogP contribution in [0.25, 0.3) is 0 Å². The fraction of sp³-hybridized carbons (Fsp3) is 0.892. The van der Waals surface area contributed by atoms with E-state index >= 15 is 0 Å². The van der Waals surface area contributed by atoms with Gasteiger partial charge in [-0.3, -0.25) is 9.59 Å². The van der Waals surface area contributed by atoms with Gasteiger partial charge < -0.3 is 45.1 Å². The highest BCUT2D eigenvalue weighted by atomic mass is 16.7. The molecule has 1 rings (SSSR count). The van der Waals surface area contributed by atoms with Gasteiger partial charge in [-0.2, -0.15) is 0 Å². The predicted octanol–water partition coefficient (Wildman–Crippen LogP) is 19.0. The predicted molar refractivity (Wildman–Crippen MR) is 357 cm³/mol. The Labute approximate surface area is 523 Å². The van der Waals surface area contributed by atoms with E-state index < -0.39 is 67.4 Å². The lowest BCUT2D eigenvalue weighted by molar-refractivity contribution is -0.305. The summed E-state index contributed by atoms with van der Waals surface area (Å²) in [5.41, 5.74) is 0. The Bertz CT molecular complexity index is 1520. The second-order valence-corrected chi connectivity index (χ2v) is 25.7. The van der Waals surface area contributed by atoms with Crippen LogP contribution in [0.3, 0.4) is 0 Å². The quantitative estimate of drug-likeness (QED) is 0.0195. The third-order valence-corrected chi connectivity index (χ3v) is 17.5. The second-order valence-electron chi connectivity index (χ2n) is 25.7.